The van der Waals surface area contributed by atoms with Crippen molar-refractivity contribution in [2.24, 2.45) is 23.7 Å². The highest BCUT2D eigenvalue weighted by atomic mass is 16.7. The average molecular weight is 763 g/mol. The second-order valence-corrected chi connectivity index (χ2v) is 17.3. The largest absolute Gasteiger partial charge is 0.459 e. The second kappa shape index (κ2) is 18.5. The smallest absolute Gasteiger partial charge is 0.311 e. The van der Waals surface area contributed by atoms with Gasteiger partial charge in [-0.15, -0.1) is 0 Å². The minimum absolute atomic E-state index is 0.131. The van der Waals surface area contributed by atoms with E-state index in [0.29, 0.717) is 13.0 Å². The first-order valence-corrected chi connectivity index (χ1v) is 19.7. The lowest BCUT2D eigenvalue weighted by atomic mass is 9.72. The Balaban J connectivity index is 2.21. The Bertz CT molecular complexity index is 1160. The van der Waals surface area contributed by atoms with E-state index in [4.69, 9.17) is 28.4 Å². The number of hydrogen-bond donors (Lipinski definition) is 6. The van der Waals surface area contributed by atoms with Crippen LogP contribution < -0.4 is 5.32 Å². The topological polar surface area (TPSA) is 189 Å². The first-order valence-electron chi connectivity index (χ1n) is 19.7. The van der Waals surface area contributed by atoms with Crippen LogP contribution in [0.15, 0.2) is 0 Å². The molecule has 8 unspecified atom stereocenters. The Hall–Kier alpha value is -1.01. The molecule has 0 aromatic carbocycles. The predicted molar refractivity (Wildman–Crippen MR) is 199 cm³/mol. The van der Waals surface area contributed by atoms with Crippen LogP contribution in [0.5, 0.6) is 0 Å². The van der Waals surface area contributed by atoms with Gasteiger partial charge in [0.15, 0.2) is 12.6 Å². The van der Waals surface area contributed by atoms with Crippen LogP contribution in [0.3, 0.4) is 0 Å². The van der Waals surface area contributed by atoms with Gasteiger partial charge in [-0.2, -0.15) is 0 Å². The van der Waals surface area contributed by atoms with Gasteiger partial charge in [0.05, 0.1) is 47.6 Å². The molecule has 0 spiro atoms. The standard InChI is InChI=1S/C39H74N2O12/c1-15-27-39(11,47)32(43)22(5)29(40-16-2)20(3)18-37(9,46)34(53-36-30(42)26(41(12)13)17-21(4)49-36)23(6)31(24(7)35(45)51-27)52-28-19-38(10,48-14)33(44)25(8)50-28/h20-34,36,40,42-44,46-47H,15-19H2,1-14H3/t20-,21?,22+,23+,24-,25?,26?,27-,28?,29+,30?,31+,32-,33?,34-,36?,37-,38?,39-/m1/s1. The number of aliphatic hydroxyl groups is 5. The van der Waals surface area contributed by atoms with Crippen LogP contribution in [0, 0.1) is 23.7 Å². The summed E-state index contributed by atoms with van der Waals surface area (Å²) in [4.78, 5) is 16.2. The monoisotopic (exact) mass is 763 g/mol. The third-order valence-electron chi connectivity index (χ3n) is 12.5. The lowest BCUT2D eigenvalue weighted by molar-refractivity contribution is -0.318. The summed E-state index contributed by atoms with van der Waals surface area (Å²) in [6.45, 7) is 20.1. The van der Waals surface area contributed by atoms with Gasteiger partial charge >= 0.3 is 5.97 Å². The van der Waals surface area contributed by atoms with Gasteiger partial charge in [0.25, 0.3) is 0 Å². The molecule has 0 aromatic heterocycles. The lowest BCUT2D eigenvalue weighted by Crippen LogP contribution is -2.62. The molecule has 0 radical (unpaired) electrons. The van der Waals surface area contributed by atoms with Crippen molar-refractivity contribution >= 4 is 5.97 Å². The minimum Gasteiger partial charge on any atom is -0.459 e. The van der Waals surface area contributed by atoms with Crippen molar-refractivity contribution in [3.8, 4) is 0 Å². The van der Waals surface area contributed by atoms with E-state index < -0.39 is 95.8 Å². The van der Waals surface area contributed by atoms with Gasteiger partial charge in [0.2, 0.25) is 0 Å². The van der Waals surface area contributed by atoms with Gasteiger partial charge in [-0.25, -0.2) is 0 Å². The minimum atomic E-state index is -1.82. The van der Waals surface area contributed by atoms with Crippen LogP contribution in [0.1, 0.15) is 102 Å². The van der Waals surface area contributed by atoms with E-state index in [0.717, 1.165) is 0 Å². The maximum Gasteiger partial charge on any atom is 0.311 e. The number of carbonyl (C=O) groups excluding carboxylic acids is 1. The van der Waals surface area contributed by atoms with Crippen molar-refractivity contribution < 1.29 is 58.7 Å². The fourth-order valence-corrected chi connectivity index (χ4v) is 9.23. The summed E-state index contributed by atoms with van der Waals surface area (Å²) in [5.41, 5.74) is -4.45. The normalized spacial score (nSPS) is 49.7. The maximum absolute atomic E-state index is 14.2. The number of ether oxygens (including phenoxy) is 6. The SMILES string of the molecule is CCN[C@@H]1[C@H](C)[C@@H](O)[C@](C)(O)[C@@H](CC)OC(=O)[C@H](C)[C@@H](OC2CC(C)(OC)C(O)C(C)O2)[C@H](C)[C@@H](OC2OC(C)CC(N(C)C)C2O)[C@](C)(O)C[C@H]1C. The fraction of sp³-hybridized carbons (Fsp3) is 0.974. The molecular weight excluding hydrogens is 688 g/mol. The number of methoxy groups -OCH3 is 1. The highest BCUT2D eigenvalue weighted by Gasteiger charge is 2.53. The van der Waals surface area contributed by atoms with Crippen molar-refractivity contribution in [3.05, 3.63) is 0 Å². The zero-order valence-corrected chi connectivity index (χ0v) is 34.8. The fourth-order valence-electron chi connectivity index (χ4n) is 9.23. The van der Waals surface area contributed by atoms with Crippen LogP contribution in [-0.2, 0) is 33.2 Å². The number of rotatable bonds is 9. The molecular formula is C39H74N2O12. The molecule has 53 heavy (non-hydrogen) atoms. The summed E-state index contributed by atoms with van der Waals surface area (Å²) in [6, 6.07) is -0.659. The van der Waals surface area contributed by atoms with Crippen LogP contribution in [0.25, 0.3) is 0 Å². The Morgan fingerprint density at radius 2 is 1.53 bits per heavy atom. The molecule has 0 aromatic rings. The molecule has 3 heterocycles. The molecule has 0 aliphatic carbocycles. The van der Waals surface area contributed by atoms with Crippen molar-refractivity contribution in [2.75, 3.05) is 27.7 Å². The molecule has 3 aliphatic heterocycles. The molecule has 14 heteroatoms. The second-order valence-electron chi connectivity index (χ2n) is 17.3. The van der Waals surface area contributed by atoms with Crippen LogP contribution >= 0.6 is 0 Å². The number of cyclic esters (lactones) is 1. The molecule has 0 amide bonds. The summed E-state index contributed by atoms with van der Waals surface area (Å²) in [6.07, 6.45) is -8.36. The van der Waals surface area contributed by atoms with Crippen LogP contribution in [-0.4, -0.2) is 154 Å². The Labute approximate surface area is 318 Å². The Kier molecular flexibility index (Phi) is 16.2. The third-order valence-corrected chi connectivity index (χ3v) is 12.5. The Morgan fingerprint density at radius 3 is 2.08 bits per heavy atom. The van der Waals surface area contributed by atoms with Crippen molar-refractivity contribution in [1.29, 1.82) is 0 Å². The first kappa shape index (κ1) is 46.4. The first-order chi connectivity index (χ1) is 24.5. The van der Waals surface area contributed by atoms with E-state index in [-0.39, 0.29) is 43.4 Å². The molecule has 14 nitrogen and oxygen atoms in total. The lowest BCUT2D eigenvalue weighted by Gasteiger charge is -2.49. The molecule has 3 fully saturated rings. The van der Waals surface area contributed by atoms with E-state index in [2.05, 4.69) is 5.32 Å². The molecule has 19 atom stereocenters. The summed E-state index contributed by atoms with van der Waals surface area (Å²) in [5.74, 6) is -3.25. The summed E-state index contributed by atoms with van der Waals surface area (Å²) < 4.78 is 37.7. The van der Waals surface area contributed by atoms with Gasteiger partial charge in [-0.3, -0.25) is 4.79 Å². The molecule has 312 valence electrons. The van der Waals surface area contributed by atoms with Gasteiger partial charge < -0.3 is 64.2 Å². The molecule has 0 saturated carbocycles. The summed E-state index contributed by atoms with van der Waals surface area (Å²) in [7, 11) is 5.28. The number of nitrogens with zero attached hydrogens (tertiary/aromatic N) is 1. The van der Waals surface area contributed by atoms with E-state index in [1.54, 1.807) is 34.6 Å². The number of carbonyl (C=O) groups is 1. The van der Waals surface area contributed by atoms with E-state index in [1.807, 2.05) is 53.6 Å². The number of hydrogen-bond acceptors (Lipinski definition) is 14. The van der Waals surface area contributed by atoms with Gasteiger partial charge in [-0.05, 0) is 87.4 Å². The van der Waals surface area contributed by atoms with Crippen LogP contribution in [0.4, 0.5) is 0 Å². The Morgan fingerprint density at radius 1 is 0.906 bits per heavy atom. The summed E-state index contributed by atoms with van der Waals surface area (Å²) >= 11 is 0. The molecule has 3 rings (SSSR count). The predicted octanol–water partition coefficient (Wildman–Crippen LogP) is 2.19. The molecule has 3 aliphatic rings. The maximum atomic E-state index is 14.2. The number of nitrogens with one attached hydrogen (secondary N) is 1. The van der Waals surface area contributed by atoms with Crippen molar-refractivity contribution in [2.45, 2.75) is 192 Å². The molecule has 0 bridgehead atoms. The van der Waals surface area contributed by atoms with Crippen LogP contribution in [0.2, 0.25) is 0 Å². The summed E-state index contributed by atoms with van der Waals surface area (Å²) in [5, 5.41) is 62.2. The number of likely N-dealkylation sites (N-methyl/N-ethyl adjacent to an activating group) is 1. The zero-order chi connectivity index (χ0) is 40.4. The molecule has 6 N–H and O–H groups in total. The quantitative estimate of drug-likeness (QED) is 0.188. The third kappa shape index (κ3) is 10.3. The van der Waals surface area contributed by atoms with Crippen molar-refractivity contribution in [3.63, 3.8) is 0 Å². The van der Waals surface area contributed by atoms with Crippen molar-refractivity contribution in [1.82, 2.24) is 10.2 Å². The van der Waals surface area contributed by atoms with E-state index >= 15 is 0 Å². The molecule has 3 saturated heterocycles. The van der Waals surface area contributed by atoms with E-state index in [9.17, 15) is 30.3 Å². The van der Waals surface area contributed by atoms with Gasteiger partial charge in [-0.1, -0.05) is 34.6 Å². The average Bonchev–Trinajstić information content (AvgIpc) is 3.08. The zero-order valence-electron chi connectivity index (χ0n) is 34.8. The highest BCUT2D eigenvalue weighted by Crippen LogP contribution is 2.41. The number of aliphatic hydroxyl groups excluding tert-OH is 3. The number of esters is 1. The van der Waals surface area contributed by atoms with Gasteiger partial charge in [0.1, 0.15) is 23.9 Å². The van der Waals surface area contributed by atoms with Gasteiger partial charge in [0, 0.05) is 37.5 Å². The highest BCUT2D eigenvalue weighted by molar-refractivity contribution is 5.73. The van der Waals surface area contributed by atoms with E-state index in [1.165, 1.54) is 14.0 Å².